The van der Waals surface area contributed by atoms with E-state index in [9.17, 15) is 4.79 Å². The van der Waals surface area contributed by atoms with Crippen LogP contribution >= 0.6 is 0 Å². The number of anilines is 1. The van der Waals surface area contributed by atoms with Gasteiger partial charge in [-0.2, -0.15) is 0 Å². The summed E-state index contributed by atoms with van der Waals surface area (Å²) in [6.45, 7) is 5.87. The Hall–Kier alpha value is -2.50. The van der Waals surface area contributed by atoms with Gasteiger partial charge in [-0.05, 0) is 32.9 Å². The van der Waals surface area contributed by atoms with Crippen LogP contribution in [0.5, 0.6) is 11.5 Å². The van der Waals surface area contributed by atoms with Gasteiger partial charge in [0.1, 0.15) is 11.3 Å². The minimum absolute atomic E-state index is 0.266. The lowest BCUT2D eigenvalue weighted by molar-refractivity contribution is 0.102. The highest BCUT2D eigenvalue weighted by atomic mass is 16.5. The van der Waals surface area contributed by atoms with Crippen molar-refractivity contribution in [3.05, 3.63) is 35.2 Å². The highest BCUT2D eigenvalue weighted by molar-refractivity contribution is 6.05. The van der Waals surface area contributed by atoms with Gasteiger partial charge in [-0.1, -0.05) is 5.16 Å². The molecule has 0 aliphatic heterocycles. The second kappa shape index (κ2) is 6.30. The predicted octanol–water partition coefficient (Wildman–Crippen LogP) is 2.95. The Morgan fingerprint density at radius 2 is 2.10 bits per heavy atom. The molecule has 2 aromatic rings. The summed E-state index contributed by atoms with van der Waals surface area (Å²) >= 11 is 0. The Kier molecular flexibility index (Phi) is 4.47. The molecule has 0 aliphatic rings. The first-order chi connectivity index (χ1) is 10.1. The van der Waals surface area contributed by atoms with Crippen LogP contribution in [-0.2, 0) is 0 Å². The number of nitrogens with zero attached hydrogens (tertiary/aromatic N) is 1. The van der Waals surface area contributed by atoms with Crippen molar-refractivity contribution in [2.75, 3.05) is 19.0 Å². The molecule has 1 N–H and O–H groups in total. The smallest absolute Gasteiger partial charge is 0.261 e. The van der Waals surface area contributed by atoms with E-state index in [1.807, 2.05) is 6.92 Å². The van der Waals surface area contributed by atoms with Gasteiger partial charge in [-0.25, -0.2) is 0 Å². The number of amides is 1. The number of benzene rings is 1. The fourth-order valence-electron chi connectivity index (χ4n) is 2.02. The van der Waals surface area contributed by atoms with Crippen LogP contribution in [0, 0.1) is 13.8 Å². The first kappa shape index (κ1) is 14.9. The molecule has 1 aromatic heterocycles. The third-order valence-corrected chi connectivity index (χ3v) is 2.98. The third kappa shape index (κ3) is 3.16. The number of aryl methyl sites for hydroxylation is 2. The van der Waals surface area contributed by atoms with Crippen LogP contribution in [0.3, 0.4) is 0 Å². The van der Waals surface area contributed by atoms with Gasteiger partial charge in [-0.3, -0.25) is 4.79 Å². The van der Waals surface area contributed by atoms with Gasteiger partial charge in [0, 0.05) is 11.8 Å². The molecule has 0 unspecified atom stereocenters. The third-order valence-electron chi connectivity index (χ3n) is 2.98. The second-order valence-electron chi connectivity index (χ2n) is 4.45. The SMILES string of the molecule is CCOc1ccc(NC(=O)c2c(C)noc2C)cc1OC. The largest absolute Gasteiger partial charge is 0.493 e. The van der Waals surface area contributed by atoms with Crippen molar-refractivity contribution in [2.45, 2.75) is 20.8 Å². The Balaban J connectivity index is 2.22. The van der Waals surface area contributed by atoms with Gasteiger partial charge in [0.25, 0.3) is 5.91 Å². The second-order valence-corrected chi connectivity index (χ2v) is 4.45. The van der Waals surface area contributed by atoms with Gasteiger partial charge in [-0.15, -0.1) is 0 Å². The first-order valence-corrected chi connectivity index (χ1v) is 6.61. The molecular formula is C15H18N2O4. The van der Waals surface area contributed by atoms with E-state index in [0.717, 1.165) is 0 Å². The summed E-state index contributed by atoms with van der Waals surface area (Å²) < 4.78 is 15.7. The normalized spacial score (nSPS) is 10.3. The van der Waals surface area contributed by atoms with Crippen molar-refractivity contribution in [3.63, 3.8) is 0 Å². The average Bonchev–Trinajstić information content (AvgIpc) is 2.80. The number of hydrogen-bond acceptors (Lipinski definition) is 5. The standard InChI is InChI=1S/C15H18N2O4/c1-5-20-12-7-6-11(8-13(12)19-4)16-15(18)14-9(2)17-21-10(14)3/h6-8H,5H2,1-4H3,(H,16,18). The van der Waals surface area contributed by atoms with Crippen molar-refractivity contribution >= 4 is 11.6 Å². The van der Waals surface area contributed by atoms with Crippen LogP contribution < -0.4 is 14.8 Å². The zero-order chi connectivity index (χ0) is 15.4. The molecule has 6 heteroatoms. The number of nitrogens with one attached hydrogen (secondary N) is 1. The molecule has 0 radical (unpaired) electrons. The van der Waals surface area contributed by atoms with Crippen molar-refractivity contribution in [1.82, 2.24) is 5.16 Å². The molecule has 6 nitrogen and oxygen atoms in total. The molecule has 21 heavy (non-hydrogen) atoms. The maximum atomic E-state index is 12.2. The fraction of sp³-hybridized carbons (Fsp3) is 0.333. The molecule has 0 saturated heterocycles. The monoisotopic (exact) mass is 290 g/mol. The summed E-state index contributed by atoms with van der Waals surface area (Å²) in [6, 6.07) is 5.22. The Morgan fingerprint density at radius 1 is 1.33 bits per heavy atom. The summed E-state index contributed by atoms with van der Waals surface area (Å²) in [6.07, 6.45) is 0. The number of carbonyl (C=O) groups is 1. The quantitative estimate of drug-likeness (QED) is 0.916. The minimum Gasteiger partial charge on any atom is -0.493 e. The first-order valence-electron chi connectivity index (χ1n) is 6.61. The molecule has 0 spiro atoms. The number of ether oxygens (including phenoxy) is 2. The van der Waals surface area contributed by atoms with E-state index in [0.29, 0.717) is 40.8 Å². The molecule has 2 rings (SSSR count). The summed E-state index contributed by atoms with van der Waals surface area (Å²) in [4.78, 5) is 12.2. The highest BCUT2D eigenvalue weighted by Gasteiger charge is 2.18. The summed E-state index contributed by atoms with van der Waals surface area (Å²) in [7, 11) is 1.55. The van der Waals surface area contributed by atoms with E-state index in [-0.39, 0.29) is 5.91 Å². The van der Waals surface area contributed by atoms with Crippen molar-refractivity contribution < 1.29 is 18.8 Å². The number of hydrogen-bond donors (Lipinski definition) is 1. The molecule has 112 valence electrons. The van der Waals surface area contributed by atoms with Crippen molar-refractivity contribution in [1.29, 1.82) is 0 Å². The maximum Gasteiger partial charge on any atom is 0.261 e. The Morgan fingerprint density at radius 3 is 2.67 bits per heavy atom. The van der Waals surface area contributed by atoms with Crippen molar-refractivity contribution in [2.24, 2.45) is 0 Å². The van der Waals surface area contributed by atoms with E-state index < -0.39 is 0 Å². The molecule has 1 aromatic carbocycles. The molecule has 0 saturated carbocycles. The predicted molar refractivity (Wildman–Crippen MR) is 78.1 cm³/mol. The molecule has 0 bridgehead atoms. The van der Waals surface area contributed by atoms with Crippen LogP contribution in [0.4, 0.5) is 5.69 Å². The number of methoxy groups -OCH3 is 1. The molecule has 0 fully saturated rings. The zero-order valence-corrected chi connectivity index (χ0v) is 12.5. The topological polar surface area (TPSA) is 73.6 Å². The lowest BCUT2D eigenvalue weighted by Crippen LogP contribution is -2.13. The molecular weight excluding hydrogens is 272 g/mol. The van der Waals surface area contributed by atoms with Crippen LogP contribution in [0.25, 0.3) is 0 Å². The van der Waals surface area contributed by atoms with Gasteiger partial charge in [0.15, 0.2) is 11.5 Å². The summed E-state index contributed by atoms with van der Waals surface area (Å²) in [5, 5.41) is 6.57. The van der Waals surface area contributed by atoms with Crippen LogP contribution in [0.1, 0.15) is 28.7 Å². The van der Waals surface area contributed by atoms with Gasteiger partial charge in [0.05, 0.1) is 19.4 Å². The number of aromatic nitrogens is 1. The van der Waals surface area contributed by atoms with Crippen LogP contribution in [0.15, 0.2) is 22.7 Å². The van der Waals surface area contributed by atoms with E-state index in [1.54, 1.807) is 39.2 Å². The number of rotatable bonds is 5. The Bertz CT molecular complexity index is 630. The molecule has 0 aliphatic carbocycles. The van der Waals surface area contributed by atoms with Crippen LogP contribution in [0.2, 0.25) is 0 Å². The highest BCUT2D eigenvalue weighted by Crippen LogP contribution is 2.30. The van der Waals surface area contributed by atoms with Crippen molar-refractivity contribution in [3.8, 4) is 11.5 Å². The lowest BCUT2D eigenvalue weighted by Gasteiger charge is -2.11. The lowest BCUT2D eigenvalue weighted by atomic mass is 10.2. The summed E-state index contributed by atoms with van der Waals surface area (Å²) in [5.74, 6) is 1.42. The van der Waals surface area contributed by atoms with Gasteiger partial charge in [0.2, 0.25) is 0 Å². The fourth-order valence-corrected chi connectivity index (χ4v) is 2.02. The maximum absolute atomic E-state index is 12.2. The summed E-state index contributed by atoms with van der Waals surface area (Å²) in [5.41, 5.74) is 1.62. The molecule has 1 amide bonds. The molecule has 1 heterocycles. The van der Waals surface area contributed by atoms with E-state index in [1.165, 1.54) is 0 Å². The van der Waals surface area contributed by atoms with Crippen LogP contribution in [-0.4, -0.2) is 24.8 Å². The van der Waals surface area contributed by atoms with Gasteiger partial charge >= 0.3 is 0 Å². The Labute approximate surface area is 123 Å². The zero-order valence-electron chi connectivity index (χ0n) is 12.5. The van der Waals surface area contributed by atoms with E-state index in [4.69, 9.17) is 14.0 Å². The minimum atomic E-state index is -0.266. The van der Waals surface area contributed by atoms with E-state index in [2.05, 4.69) is 10.5 Å². The number of carbonyl (C=O) groups excluding carboxylic acids is 1. The molecule has 0 atom stereocenters. The average molecular weight is 290 g/mol. The van der Waals surface area contributed by atoms with E-state index >= 15 is 0 Å². The van der Waals surface area contributed by atoms with Gasteiger partial charge < -0.3 is 19.3 Å².